The van der Waals surface area contributed by atoms with E-state index < -0.39 is 5.41 Å². The van der Waals surface area contributed by atoms with Gasteiger partial charge in [-0.1, -0.05) is 13.8 Å². The van der Waals surface area contributed by atoms with Gasteiger partial charge in [0.15, 0.2) is 0 Å². The van der Waals surface area contributed by atoms with Crippen LogP contribution in [0.4, 0.5) is 0 Å². The van der Waals surface area contributed by atoms with Crippen molar-refractivity contribution >= 4 is 5.91 Å². The van der Waals surface area contributed by atoms with Gasteiger partial charge in [0.25, 0.3) is 0 Å². The number of nitrogens with two attached hydrogens (primary N) is 1. The van der Waals surface area contributed by atoms with Gasteiger partial charge in [-0.2, -0.15) is 0 Å². The van der Waals surface area contributed by atoms with Crippen molar-refractivity contribution in [1.82, 2.24) is 10.2 Å². The van der Waals surface area contributed by atoms with Crippen molar-refractivity contribution < 1.29 is 4.79 Å². The lowest BCUT2D eigenvalue weighted by molar-refractivity contribution is -0.130. The van der Waals surface area contributed by atoms with E-state index in [2.05, 4.69) is 24.1 Å². The summed E-state index contributed by atoms with van der Waals surface area (Å²) in [6.45, 7) is 9.19. The molecule has 96 valence electrons. The van der Waals surface area contributed by atoms with Crippen molar-refractivity contribution in [2.24, 2.45) is 17.1 Å². The first kappa shape index (κ1) is 15.4. The molecule has 1 atom stereocenters. The van der Waals surface area contributed by atoms with Gasteiger partial charge in [0.05, 0.1) is 5.41 Å². The molecule has 4 nitrogen and oxygen atoms in total. The number of hydrogen-bond donors (Lipinski definition) is 2. The fourth-order valence-corrected chi connectivity index (χ4v) is 1.27. The summed E-state index contributed by atoms with van der Waals surface area (Å²) in [5.41, 5.74) is 5.10. The fraction of sp³-hybridized carbons (Fsp3) is 0.917. The number of amides is 1. The van der Waals surface area contributed by atoms with Crippen LogP contribution in [0.5, 0.6) is 0 Å². The number of nitrogens with zero attached hydrogens (tertiary/aromatic N) is 1. The van der Waals surface area contributed by atoms with Crippen LogP contribution < -0.4 is 11.1 Å². The summed E-state index contributed by atoms with van der Waals surface area (Å²) >= 11 is 0. The highest BCUT2D eigenvalue weighted by Crippen LogP contribution is 2.14. The molecule has 0 saturated heterocycles. The zero-order valence-electron chi connectivity index (χ0n) is 11.5. The van der Waals surface area contributed by atoms with E-state index in [4.69, 9.17) is 5.73 Å². The molecule has 0 aliphatic rings. The van der Waals surface area contributed by atoms with E-state index >= 15 is 0 Å². The molecule has 0 aromatic carbocycles. The highest BCUT2D eigenvalue weighted by atomic mass is 16.2. The average molecular weight is 229 g/mol. The Morgan fingerprint density at radius 1 is 1.38 bits per heavy atom. The maximum Gasteiger partial charge on any atom is 0.227 e. The molecule has 1 amide bonds. The predicted octanol–water partition coefficient (Wildman–Crippen LogP) is 0.674. The van der Waals surface area contributed by atoms with E-state index in [-0.39, 0.29) is 11.9 Å². The van der Waals surface area contributed by atoms with Crippen molar-refractivity contribution in [3.63, 3.8) is 0 Å². The molecular weight excluding hydrogens is 202 g/mol. The largest absolute Gasteiger partial charge is 0.351 e. The summed E-state index contributed by atoms with van der Waals surface area (Å²) in [5.74, 6) is 0.454. The van der Waals surface area contributed by atoms with Crippen LogP contribution in [0.2, 0.25) is 0 Å². The van der Waals surface area contributed by atoms with Crippen molar-refractivity contribution in [2.75, 3.05) is 27.2 Å². The molecule has 1 unspecified atom stereocenters. The maximum absolute atomic E-state index is 12.0. The summed E-state index contributed by atoms with van der Waals surface area (Å²) in [5, 5.41) is 3.08. The molecule has 0 aromatic rings. The van der Waals surface area contributed by atoms with E-state index in [0.29, 0.717) is 12.5 Å². The second-order valence-electron chi connectivity index (χ2n) is 5.67. The van der Waals surface area contributed by atoms with Crippen LogP contribution in [0.25, 0.3) is 0 Å². The van der Waals surface area contributed by atoms with Crippen molar-refractivity contribution in [3.8, 4) is 0 Å². The Labute approximate surface area is 99.6 Å². The molecule has 3 N–H and O–H groups in total. The Morgan fingerprint density at radius 2 is 1.88 bits per heavy atom. The monoisotopic (exact) mass is 229 g/mol. The van der Waals surface area contributed by atoms with Gasteiger partial charge in [-0.25, -0.2) is 0 Å². The molecule has 0 aliphatic heterocycles. The Balaban J connectivity index is 4.46. The molecule has 4 heteroatoms. The van der Waals surface area contributed by atoms with Gasteiger partial charge < -0.3 is 16.0 Å². The first-order valence-electron chi connectivity index (χ1n) is 5.86. The van der Waals surface area contributed by atoms with Crippen LogP contribution in [0.15, 0.2) is 0 Å². The number of carbonyl (C=O) groups is 1. The summed E-state index contributed by atoms with van der Waals surface area (Å²) in [6.07, 6.45) is 0. The van der Waals surface area contributed by atoms with Gasteiger partial charge in [-0.15, -0.1) is 0 Å². The van der Waals surface area contributed by atoms with Gasteiger partial charge in [-0.05, 0) is 33.9 Å². The smallest absolute Gasteiger partial charge is 0.227 e. The quantitative estimate of drug-likeness (QED) is 0.704. The van der Waals surface area contributed by atoms with E-state index in [1.54, 1.807) is 0 Å². The minimum atomic E-state index is -0.487. The lowest BCUT2D eigenvalue weighted by Crippen LogP contribution is -2.51. The first-order chi connectivity index (χ1) is 7.20. The van der Waals surface area contributed by atoms with Gasteiger partial charge >= 0.3 is 0 Å². The van der Waals surface area contributed by atoms with Gasteiger partial charge in [0.1, 0.15) is 0 Å². The standard InChI is InChI=1S/C12H27N3O/c1-9(2)10(7-15(5)6)14-11(16)12(3,4)8-13/h9-10H,7-8,13H2,1-6H3,(H,14,16). The Kier molecular flexibility index (Phi) is 5.97. The topological polar surface area (TPSA) is 58.4 Å². The molecule has 0 rings (SSSR count). The highest BCUT2D eigenvalue weighted by Gasteiger charge is 2.28. The normalized spacial score (nSPS) is 14.3. The lowest BCUT2D eigenvalue weighted by atomic mass is 9.91. The molecule has 0 aliphatic carbocycles. The van der Waals surface area contributed by atoms with Crippen LogP contribution in [0, 0.1) is 11.3 Å². The van der Waals surface area contributed by atoms with E-state index in [9.17, 15) is 4.79 Å². The lowest BCUT2D eigenvalue weighted by Gasteiger charge is -2.30. The second kappa shape index (κ2) is 6.21. The number of hydrogen-bond acceptors (Lipinski definition) is 3. The van der Waals surface area contributed by atoms with Crippen molar-refractivity contribution in [2.45, 2.75) is 33.7 Å². The van der Waals surface area contributed by atoms with Crippen LogP contribution in [0.3, 0.4) is 0 Å². The third-order valence-corrected chi connectivity index (χ3v) is 2.81. The average Bonchev–Trinajstić information content (AvgIpc) is 2.15. The minimum absolute atomic E-state index is 0.0375. The van der Waals surface area contributed by atoms with Crippen LogP contribution in [0.1, 0.15) is 27.7 Å². The van der Waals surface area contributed by atoms with Crippen molar-refractivity contribution in [1.29, 1.82) is 0 Å². The second-order valence-corrected chi connectivity index (χ2v) is 5.67. The molecule has 0 heterocycles. The summed E-state index contributed by atoms with van der Waals surface area (Å²) < 4.78 is 0. The Hall–Kier alpha value is -0.610. The van der Waals surface area contributed by atoms with E-state index in [1.165, 1.54) is 0 Å². The molecule has 0 bridgehead atoms. The molecule has 16 heavy (non-hydrogen) atoms. The van der Waals surface area contributed by atoms with E-state index in [0.717, 1.165) is 6.54 Å². The zero-order valence-corrected chi connectivity index (χ0v) is 11.5. The Bertz CT molecular complexity index is 224. The summed E-state index contributed by atoms with van der Waals surface area (Å²) in [7, 11) is 4.02. The van der Waals surface area contributed by atoms with Crippen LogP contribution in [-0.4, -0.2) is 44.0 Å². The number of carbonyl (C=O) groups excluding carboxylic acids is 1. The summed E-state index contributed by atoms with van der Waals surface area (Å²) in [6, 6.07) is 0.174. The molecular formula is C12H27N3O. The zero-order chi connectivity index (χ0) is 12.9. The van der Waals surface area contributed by atoms with E-state index in [1.807, 2.05) is 27.9 Å². The number of nitrogens with one attached hydrogen (secondary N) is 1. The number of rotatable bonds is 6. The molecule has 0 radical (unpaired) electrons. The van der Waals surface area contributed by atoms with Crippen molar-refractivity contribution in [3.05, 3.63) is 0 Å². The molecule has 0 fully saturated rings. The fourth-order valence-electron chi connectivity index (χ4n) is 1.27. The summed E-state index contributed by atoms with van der Waals surface area (Å²) in [4.78, 5) is 14.1. The third kappa shape index (κ3) is 4.94. The molecule has 0 aromatic heterocycles. The van der Waals surface area contributed by atoms with Gasteiger partial charge in [-0.3, -0.25) is 4.79 Å². The Morgan fingerprint density at radius 3 is 2.19 bits per heavy atom. The first-order valence-corrected chi connectivity index (χ1v) is 5.86. The molecule has 0 spiro atoms. The number of likely N-dealkylation sites (N-methyl/N-ethyl adjacent to an activating group) is 1. The van der Waals surface area contributed by atoms with Gasteiger partial charge in [0, 0.05) is 19.1 Å². The third-order valence-electron chi connectivity index (χ3n) is 2.81. The SMILES string of the molecule is CC(C)C(CN(C)C)NC(=O)C(C)(C)CN. The van der Waals surface area contributed by atoms with Crippen LogP contribution >= 0.6 is 0 Å². The van der Waals surface area contributed by atoms with Gasteiger partial charge in [0.2, 0.25) is 5.91 Å². The molecule has 0 saturated carbocycles. The predicted molar refractivity (Wildman–Crippen MR) is 68.2 cm³/mol. The van der Waals surface area contributed by atoms with Crippen LogP contribution in [-0.2, 0) is 4.79 Å². The minimum Gasteiger partial charge on any atom is -0.351 e. The maximum atomic E-state index is 12.0. The highest BCUT2D eigenvalue weighted by molar-refractivity contribution is 5.82.